The third kappa shape index (κ3) is 8.98. The highest BCUT2D eigenvalue weighted by Crippen LogP contribution is 2.46. The second-order valence-electron chi connectivity index (χ2n) is 27.4. The standard InChI is InChI=1S/C78H78N4/c1-15-79-39-37-51-17-19-53(41-73(51)79)63-47-62(50-23-31-60(32-24-50)82-71-35-27-57(77(9,10)11)45-67(71)68-46-58(78(12,13)14)28-36-72(68)82)64(54-20-18-52-38-40-80(16-2)74(52)42-54)48-61(63)49-21-29-59(30-22-49)81-69-33-25-55(75(3,4)5)43-65(69)66-44-56(76(6,7)8)26-34-70(66)81/h17-48H,15-16H2,1-14H3. The Hall–Kier alpha value is -8.34. The fourth-order valence-electron chi connectivity index (χ4n) is 12.9. The molecule has 0 aliphatic heterocycles. The molecule has 0 fully saturated rings. The molecule has 9 aromatic carbocycles. The molecule has 0 bridgehead atoms. The number of rotatable bonds is 8. The first-order chi connectivity index (χ1) is 39.0. The van der Waals surface area contributed by atoms with Crippen LogP contribution in [0.3, 0.4) is 0 Å². The van der Waals surface area contributed by atoms with Crippen LogP contribution in [0.15, 0.2) is 194 Å². The van der Waals surface area contributed by atoms with Crippen LogP contribution in [-0.2, 0) is 34.7 Å². The first kappa shape index (κ1) is 53.0. The molecule has 4 nitrogen and oxygen atoms in total. The summed E-state index contributed by atoms with van der Waals surface area (Å²) in [7, 11) is 0. The average molecular weight is 1070 g/mol. The summed E-state index contributed by atoms with van der Waals surface area (Å²) in [6.45, 7) is 34.0. The van der Waals surface area contributed by atoms with Gasteiger partial charge in [0.2, 0.25) is 0 Å². The Morgan fingerprint density at radius 3 is 0.829 bits per heavy atom. The van der Waals surface area contributed by atoms with E-state index >= 15 is 0 Å². The summed E-state index contributed by atoms with van der Waals surface area (Å²) in [6, 6.07) is 70.8. The average Bonchev–Trinajstić information content (AvgIpc) is 3.08. The van der Waals surface area contributed by atoms with E-state index < -0.39 is 0 Å². The smallest absolute Gasteiger partial charge is 0.0541 e. The third-order valence-corrected chi connectivity index (χ3v) is 17.9. The van der Waals surface area contributed by atoms with Crippen molar-refractivity contribution in [1.29, 1.82) is 0 Å². The van der Waals surface area contributed by atoms with Crippen molar-refractivity contribution in [2.45, 2.75) is 132 Å². The topological polar surface area (TPSA) is 19.7 Å². The minimum Gasteiger partial charge on any atom is -0.348 e. The molecule has 0 radical (unpaired) electrons. The van der Waals surface area contributed by atoms with Gasteiger partial charge in [0.15, 0.2) is 0 Å². The lowest BCUT2D eigenvalue weighted by atomic mass is 9.85. The SMILES string of the molecule is CCn1ccc2ccc(-c3cc(-c4ccc(-n5c6ccc(C(C)(C)C)cc6c6cc(C(C)(C)C)ccc65)cc4)c(-c4ccc5ccn(CC)c5c4)cc3-c3ccc(-n4c5ccc(C(C)(C)C)cc5c5cc(C(C)(C)C)ccc54)cc3)cc21. The summed E-state index contributed by atoms with van der Waals surface area (Å²) in [4.78, 5) is 0. The molecular formula is C78H78N4. The number of hydrogen-bond acceptors (Lipinski definition) is 0. The molecular weight excluding hydrogens is 993 g/mol. The molecule has 0 amide bonds. The first-order valence-electron chi connectivity index (χ1n) is 29.8. The van der Waals surface area contributed by atoms with E-state index in [-0.39, 0.29) is 21.7 Å². The first-order valence-corrected chi connectivity index (χ1v) is 29.8. The summed E-state index contributed by atoms with van der Waals surface area (Å²) in [5, 5.41) is 7.69. The van der Waals surface area contributed by atoms with Gasteiger partial charge < -0.3 is 18.3 Å². The van der Waals surface area contributed by atoms with Gasteiger partial charge in [0.25, 0.3) is 0 Å². The van der Waals surface area contributed by atoms with Crippen LogP contribution in [0.25, 0.3) is 121 Å². The van der Waals surface area contributed by atoms with Gasteiger partial charge in [-0.3, -0.25) is 0 Å². The van der Waals surface area contributed by atoms with Gasteiger partial charge in [0.1, 0.15) is 0 Å². The van der Waals surface area contributed by atoms with E-state index in [1.54, 1.807) is 0 Å². The fraction of sp³-hybridized carbons (Fsp3) is 0.256. The molecule has 82 heavy (non-hydrogen) atoms. The highest BCUT2D eigenvalue weighted by atomic mass is 15.0. The maximum atomic E-state index is 2.49. The van der Waals surface area contributed by atoms with Crippen LogP contribution < -0.4 is 0 Å². The number of hydrogen-bond donors (Lipinski definition) is 0. The van der Waals surface area contributed by atoms with E-state index in [1.807, 2.05) is 0 Å². The molecule has 4 aromatic heterocycles. The van der Waals surface area contributed by atoms with Gasteiger partial charge in [-0.1, -0.05) is 156 Å². The minimum absolute atomic E-state index is 0.0270. The summed E-state index contributed by atoms with van der Waals surface area (Å²) in [5.41, 5.74) is 24.7. The van der Waals surface area contributed by atoms with Crippen LogP contribution in [0.4, 0.5) is 0 Å². The second-order valence-corrected chi connectivity index (χ2v) is 27.4. The van der Waals surface area contributed by atoms with Crippen molar-refractivity contribution in [3.05, 3.63) is 217 Å². The molecule has 0 aliphatic carbocycles. The van der Waals surface area contributed by atoms with Crippen LogP contribution in [0.5, 0.6) is 0 Å². The molecule has 4 heteroatoms. The van der Waals surface area contributed by atoms with E-state index in [2.05, 4.69) is 310 Å². The monoisotopic (exact) mass is 1070 g/mol. The van der Waals surface area contributed by atoms with E-state index in [4.69, 9.17) is 0 Å². The van der Waals surface area contributed by atoms with Crippen LogP contribution in [0.1, 0.15) is 119 Å². The van der Waals surface area contributed by atoms with Gasteiger partial charge in [-0.05, 0) is 222 Å². The molecule has 0 aliphatic rings. The lowest BCUT2D eigenvalue weighted by Crippen LogP contribution is -2.10. The lowest BCUT2D eigenvalue weighted by molar-refractivity contribution is 0.590. The van der Waals surface area contributed by atoms with Crippen LogP contribution in [0.2, 0.25) is 0 Å². The molecule has 4 heterocycles. The van der Waals surface area contributed by atoms with E-state index in [0.29, 0.717) is 0 Å². The Morgan fingerprint density at radius 1 is 0.268 bits per heavy atom. The maximum Gasteiger partial charge on any atom is 0.0541 e. The number of benzene rings is 9. The normalized spacial score (nSPS) is 12.9. The maximum absolute atomic E-state index is 2.49. The number of aryl methyl sites for hydroxylation is 2. The summed E-state index contributed by atoms with van der Waals surface area (Å²) in [5.74, 6) is 0. The Labute approximate surface area is 485 Å². The van der Waals surface area contributed by atoms with Crippen LogP contribution in [-0.4, -0.2) is 18.3 Å². The molecule has 0 saturated carbocycles. The molecule has 0 N–H and O–H groups in total. The third-order valence-electron chi connectivity index (χ3n) is 17.9. The van der Waals surface area contributed by atoms with E-state index in [0.717, 1.165) is 24.5 Å². The number of nitrogens with zero attached hydrogens (tertiary/aromatic N) is 4. The Kier molecular flexibility index (Phi) is 12.4. The molecule has 0 spiro atoms. The Bertz CT molecular complexity index is 4210. The van der Waals surface area contributed by atoms with Crippen LogP contribution >= 0.6 is 0 Å². The largest absolute Gasteiger partial charge is 0.348 e. The highest BCUT2D eigenvalue weighted by Gasteiger charge is 2.25. The second kappa shape index (κ2) is 19.1. The van der Waals surface area contributed by atoms with Crippen molar-refractivity contribution in [2.24, 2.45) is 0 Å². The van der Waals surface area contributed by atoms with E-state index in [9.17, 15) is 0 Å². The van der Waals surface area contributed by atoms with Gasteiger partial charge >= 0.3 is 0 Å². The van der Waals surface area contributed by atoms with Crippen LogP contribution in [0, 0.1) is 0 Å². The minimum atomic E-state index is 0.0270. The van der Waals surface area contributed by atoms with Gasteiger partial charge in [-0.2, -0.15) is 0 Å². The quantitative estimate of drug-likeness (QED) is 0.145. The van der Waals surface area contributed by atoms with Gasteiger partial charge in [-0.25, -0.2) is 0 Å². The van der Waals surface area contributed by atoms with E-state index in [1.165, 1.54) is 132 Å². The number of fused-ring (bicyclic) bond motifs is 8. The van der Waals surface area contributed by atoms with Gasteiger partial charge in [0, 0.05) is 69.4 Å². The molecule has 0 atom stereocenters. The van der Waals surface area contributed by atoms with Gasteiger partial charge in [0.05, 0.1) is 22.1 Å². The molecule has 13 aromatic rings. The summed E-state index contributed by atoms with van der Waals surface area (Å²) < 4.78 is 9.68. The van der Waals surface area contributed by atoms with Crippen molar-refractivity contribution < 1.29 is 0 Å². The van der Waals surface area contributed by atoms with Gasteiger partial charge in [-0.15, -0.1) is 0 Å². The molecule has 0 unspecified atom stereocenters. The van der Waals surface area contributed by atoms with Crippen molar-refractivity contribution in [3.63, 3.8) is 0 Å². The predicted molar refractivity (Wildman–Crippen MR) is 354 cm³/mol. The zero-order valence-electron chi connectivity index (χ0n) is 50.7. The van der Waals surface area contributed by atoms with Crippen molar-refractivity contribution in [2.75, 3.05) is 0 Å². The fourth-order valence-corrected chi connectivity index (χ4v) is 12.9. The zero-order valence-corrected chi connectivity index (χ0v) is 50.7. The molecule has 13 rings (SSSR count). The predicted octanol–water partition coefficient (Wildman–Crippen LogP) is 21.7. The number of aromatic nitrogens is 4. The highest BCUT2D eigenvalue weighted by molar-refractivity contribution is 6.11. The molecule has 410 valence electrons. The summed E-state index contributed by atoms with van der Waals surface area (Å²) in [6.07, 6.45) is 4.44. The Balaban J connectivity index is 1.02. The Morgan fingerprint density at radius 2 is 0.549 bits per heavy atom. The molecule has 0 saturated heterocycles. The van der Waals surface area contributed by atoms with Crippen molar-refractivity contribution >= 4 is 65.4 Å². The van der Waals surface area contributed by atoms with Crippen molar-refractivity contribution in [1.82, 2.24) is 18.3 Å². The van der Waals surface area contributed by atoms with Crippen molar-refractivity contribution in [3.8, 4) is 55.9 Å². The summed E-state index contributed by atoms with van der Waals surface area (Å²) >= 11 is 0. The lowest BCUT2D eigenvalue weighted by Gasteiger charge is -2.20. The zero-order chi connectivity index (χ0) is 57.4.